The van der Waals surface area contributed by atoms with Crippen molar-refractivity contribution in [2.75, 3.05) is 18.5 Å². The quantitative estimate of drug-likeness (QED) is 0.879. The largest absolute Gasteiger partial charge is 0.394 e. The van der Waals surface area contributed by atoms with Crippen LogP contribution in [0.1, 0.15) is 12.8 Å². The van der Waals surface area contributed by atoms with Gasteiger partial charge in [0.15, 0.2) is 0 Å². The number of hydrogen-bond acceptors (Lipinski definition) is 4. The molecule has 1 aromatic heterocycles. The molecule has 1 aliphatic heterocycles. The second-order valence-electron chi connectivity index (χ2n) is 5.36. The van der Waals surface area contributed by atoms with Crippen molar-refractivity contribution in [3.63, 3.8) is 0 Å². The van der Waals surface area contributed by atoms with Crippen LogP contribution in [0.15, 0.2) is 30.3 Å². The lowest BCUT2D eigenvalue weighted by atomic mass is 10.1. The van der Waals surface area contributed by atoms with E-state index in [4.69, 9.17) is 16.3 Å². The fourth-order valence-electron chi connectivity index (χ4n) is 2.54. The maximum absolute atomic E-state index is 12.2. The summed E-state index contributed by atoms with van der Waals surface area (Å²) in [6, 6.07) is 9.07. The third-order valence-corrected chi connectivity index (χ3v) is 3.96. The van der Waals surface area contributed by atoms with Crippen LogP contribution in [-0.4, -0.2) is 40.1 Å². The number of nitrogens with zero attached hydrogens (tertiary/aromatic N) is 2. The van der Waals surface area contributed by atoms with Crippen LogP contribution in [-0.2, 0) is 16.1 Å². The molecule has 3 rings (SSSR count). The molecule has 23 heavy (non-hydrogen) atoms. The van der Waals surface area contributed by atoms with Crippen LogP contribution >= 0.6 is 11.6 Å². The Morgan fingerprint density at radius 2 is 2.22 bits per heavy atom. The first-order valence-corrected chi connectivity index (χ1v) is 7.92. The Morgan fingerprint density at radius 3 is 2.87 bits per heavy atom. The van der Waals surface area contributed by atoms with Crippen LogP contribution in [0.3, 0.4) is 0 Å². The summed E-state index contributed by atoms with van der Waals surface area (Å²) in [5.41, 5.74) is 1.59. The minimum atomic E-state index is -0.411. The number of aliphatic hydroxyl groups is 1. The number of carbonyl (C=O) groups is 1. The molecule has 1 fully saturated rings. The van der Waals surface area contributed by atoms with Crippen molar-refractivity contribution >= 4 is 23.3 Å². The lowest BCUT2D eigenvalue weighted by molar-refractivity contribution is -0.124. The predicted octanol–water partition coefficient (Wildman–Crippen LogP) is 2.31. The molecule has 1 aromatic carbocycles. The van der Waals surface area contributed by atoms with Gasteiger partial charge in [-0.3, -0.25) is 4.79 Å². The van der Waals surface area contributed by atoms with Crippen molar-refractivity contribution in [2.24, 2.45) is 0 Å². The third kappa shape index (κ3) is 3.72. The first-order chi connectivity index (χ1) is 11.2. The average molecular weight is 336 g/mol. The minimum Gasteiger partial charge on any atom is -0.394 e. The summed E-state index contributed by atoms with van der Waals surface area (Å²) in [7, 11) is 0. The molecule has 6 nitrogen and oxygen atoms in total. The number of anilines is 1. The number of rotatable bonds is 5. The monoisotopic (exact) mass is 335 g/mol. The Kier molecular flexibility index (Phi) is 4.95. The van der Waals surface area contributed by atoms with Crippen molar-refractivity contribution in [2.45, 2.75) is 25.5 Å². The van der Waals surface area contributed by atoms with Gasteiger partial charge in [-0.25, -0.2) is 4.68 Å². The van der Waals surface area contributed by atoms with Crippen molar-refractivity contribution < 1.29 is 14.6 Å². The van der Waals surface area contributed by atoms with Gasteiger partial charge in [0, 0.05) is 23.3 Å². The fourth-order valence-corrected chi connectivity index (χ4v) is 2.66. The summed E-state index contributed by atoms with van der Waals surface area (Å²) < 4.78 is 6.97. The summed E-state index contributed by atoms with van der Waals surface area (Å²) in [5, 5.41) is 17.1. The molecular weight excluding hydrogens is 318 g/mol. The molecule has 0 aliphatic carbocycles. The standard InChI is InChI=1S/C16H18ClN3O3/c17-12-5-3-11(4-6-12)13-10-15(20(19-13)7-8-21)18-16(22)14-2-1-9-23-14/h3-6,10,14,21H,1-2,7-9H2,(H,18,22). The van der Waals surface area contributed by atoms with Crippen LogP contribution < -0.4 is 5.32 Å². The molecule has 1 unspecified atom stereocenters. The van der Waals surface area contributed by atoms with Crippen LogP contribution in [0.4, 0.5) is 5.82 Å². The second-order valence-corrected chi connectivity index (χ2v) is 5.80. The Morgan fingerprint density at radius 1 is 1.43 bits per heavy atom. The van der Waals surface area contributed by atoms with Gasteiger partial charge in [-0.15, -0.1) is 0 Å². The van der Waals surface area contributed by atoms with Crippen LogP contribution in [0, 0.1) is 0 Å². The highest BCUT2D eigenvalue weighted by Crippen LogP contribution is 2.24. The van der Waals surface area contributed by atoms with E-state index in [1.54, 1.807) is 22.9 Å². The third-order valence-electron chi connectivity index (χ3n) is 3.71. The van der Waals surface area contributed by atoms with E-state index in [2.05, 4.69) is 10.4 Å². The number of hydrogen-bond donors (Lipinski definition) is 2. The highest BCUT2D eigenvalue weighted by atomic mass is 35.5. The molecule has 2 heterocycles. The first-order valence-electron chi connectivity index (χ1n) is 7.54. The van der Waals surface area contributed by atoms with E-state index in [0.29, 0.717) is 29.7 Å². The van der Waals surface area contributed by atoms with Crippen molar-refractivity contribution in [1.29, 1.82) is 0 Å². The van der Waals surface area contributed by atoms with E-state index < -0.39 is 6.10 Å². The van der Waals surface area contributed by atoms with Crippen molar-refractivity contribution in [3.8, 4) is 11.3 Å². The summed E-state index contributed by atoms with van der Waals surface area (Å²) >= 11 is 5.90. The molecule has 2 N–H and O–H groups in total. The van der Waals surface area contributed by atoms with Crippen molar-refractivity contribution in [3.05, 3.63) is 35.4 Å². The molecular formula is C16H18ClN3O3. The number of nitrogens with one attached hydrogen (secondary N) is 1. The van der Waals surface area contributed by atoms with E-state index >= 15 is 0 Å². The molecule has 1 atom stereocenters. The van der Waals surface area contributed by atoms with E-state index in [1.165, 1.54) is 0 Å². The van der Waals surface area contributed by atoms with Crippen LogP contribution in [0.5, 0.6) is 0 Å². The van der Waals surface area contributed by atoms with E-state index in [0.717, 1.165) is 18.4 Å². The zero-order valence-corrected chi connectivity index (χ0v) is 13.3. The molecule has 1 saturated heterocycles. The summed E-state index contributed by atoms with van der Waals surface area (Å²) in [6.07, 6.45) is 1.21. The number of halogens is 1. The zero-order valence-electron chi connectivity index (χ0n) is 12.5. The van der Waals surface area contributed by atoms with E-state index in [1.807, 2.05) is 12.1 Å². The number of benzene rings is 1. The molecule has 122 valence electrons. The highest BCUT2D eigenvalue weighted by Gasteiger charge is 2.24. The molecule has 0 saturated carbocycles. The number of amides is 1. The van der Waals surface area contributed by atoms with Gasteiger partial charge >= 0.3 is 0 Å². The van der Waals surface area contributed by atoms with Crippen LogP contribution in [0.25, 0.3) is 11.3 Å². The maximum atomic E-state index is 12.2. The molecule has 0 radical (unpaired) electrons. The van der Waals surface area contributed by atoms with Gasteiger partial charge in [-0.2, -0.15) is 5.10 Å². The second kappa shape index (κ2) is 7.12. The summed E-state index contributed by atoms with van der Waals surface area (Å²) in [6.45, 7) is 0.850. The molecule has 1 aliphatic rings. The minimum absolute atomic E-state index is 0.0649. The molecule has 2 aromatic rings. The van der Waals surface area contributed by atoms with Gasteiger partial charge in [0.1, 0.15) is 11.9 Å². The Bertz CT molecular complexity index is 678. The number of aromatic nitrogens is 2. The number of ether oxygens (including phenoxy) is 1. The SMILES string of the molecule is O=C(Nc1cc(-c2ccc(Cl)cc2)nn1CCO)C1CCCO1. The van der Waals surface area contributed by atoms with E-state index in [9.17, 15) is 9.90 Å². The fraction of sp³-hybridized carbons (Fsp3) is 0.375. The number of aliphatic hydroxyl groups excluding tert-OH is 1. The lowest BCUT2D eigenvalue weighted by Gasteiger charge is -2.11. The molecule has 7 heteroatoms. The van der Waals surface area contributed by atoms with Gasteiger partial charge in [-0.05, 0) is 25.0 Å². The predicted molar refractivity (Wildman–Crippen MR) is 87.4 cm³/mol. The smallest absolute Gasteiger partial charge is 0.254 e. The molecule has 0 spiro atoms. The molecule has 1 amide bonds. The normalized spacial score (nSPS) is 17.4. The zero-order chi connectivity index (χ0) is 16.2. The lowest BCUT2D eigenvalue weighted by Crippen LogP contribution is -2.28. The summed E-state index contributed by atoms with van der Waals surface area (Å²) in [4.78, 5) is 12.2. The average Bonchev–Trinajstić information content (AvgIpc) is 3.19. The Balaban J connectivity index is 1.83. The van der Waals surface area contributed by atoms with Crippen molar-refractivity contribution in [1.82, 2.24) is 9.78 Å². The number of carbonyl (C=O) groups excluding carboxylic acids is 1. The van der Waals surface area contributed by atoms with Gasteiger partial charge in [0.2, 0.25) is 0 Å². The molecule has 0 bridgehead atoms. The first kappa shape index (κ1) is 16.0. The van der Waals surface area contributed by atoms with Gasteiger partial charge in [0.25, 0.3) is 5.91 Å². The van der Waals surface area contributed by atoms with E-state index in [-0.39, 0.29) is 12.5 Å². The maximum Gasteiger partial charge on any atom is 0.254 e. The van der Waals surface area contributed by atoms with Crippen LogP contribution in [0.2, 0.25) is 5.02 Å². The van der Waals surface area contributed by atoms with Gasteiger partial charge < -0.3 is 15.2 Å². The van der Waals surface area contributed by atoms with Gasteiger partial charge in [0.05, 0.1) is 18.8 Å². The van der Waals surface area contributed by atoms with Gasteiger partial charge in [-0.1, -0.05) is 23.7 Å². The highest BCUT2D eigenvalue weighted by molar-refractivity contribution is 6.30. The summed E-state index contributed by atoms with van der Waals surface area (Å²) in [5.74, 6) is 0.369. The Hall–Kier alpha value is -1.89. The Labute approximate surface area is 139 Å². The topological polar surface area (TPSA) is 76.4 Å².